The lowest BCUT2D eigenvalue weighted by molar-refractivity contribution is -0.384. The fourth-order valence-corrected chi connectivity index (χ4v) is 8.71. The van der Waals surface area contributed by atoms with Crippen molar-refractivity contribution in [3.05, 3.63) is 58.6 Å². The first-order chi connectivity index (χ1) is 16.9. The monoisotopic (exact) mass is 496 g/mol. The van der Waals surface area contributed by atoms with Gasteiger partial charge in [-0.3, -0.25) is 10.1 Å². The third-order valence-electron chi connectivity index (χ3n) is 8.71. The van der Waals surface area contributed by atoms with Gasteiger partial charge in [0.15, 0.2) is 0 Å². The van der Waals surface area contributed by atoms with E-state index in [9.17, 15) is 18.5 Å². The van der Waals surface area contributed by atoms with Gasteiger partial charge in [-0.15, -0.1) is 0 Å². The molecule has 9 heteroatoms. The van der Waals surface area contributed by atoms with Crippen molar-refractivity contribution in [3.8, 4) is 0 Å². The summed E-state index contributed by atoms with van der Waals surface area (Å²) in [5.74, 6) is 2.92. The van der Waals surface area contributed by atoms with Crippen LogP contribution >= 0.6 is 0 Å². The highest BCUT2D eigenvalue weighted by molar-refractivity contribution is 7.89. The largest absolute Gasteiger partial charge is 0.376 e. The fourth-order valence-electron chi connectivity index (χ4n) is 7.26. The van der Waals surface area contributed by atoms with Crippen LogP contribution < -0.4 is 10.2 Å². The summed E-state index contributed by atoms with van der Waals surface area (Å²) in [5.41, 5.74) is 1.62. The molecule has 2 aromatic rings. The molecule has 1 heterocycles. The summed E-state index contributed by atoms with van der Waals surface area (Å²) in [7, 11) is -3.52. The predicted molar refractivity (Wildman–Crippen MR) is 135 cm³/mol. The third kappa shape index (κ3) is 4.18. The highest BCUT2D eigenvalue weighted by Gasteiger charge is 2.48. The van der Waals surface area contributed by atoms with Gasteiger partial charge in [0.1, 0.15) is 5.69 Å². The van der Waals surface area contributed by atoms with Gasteiger partial charge >= 0.3 is 0 Å². The first-order valence-corrected chi connectivity index (χ1v) is 14.2. The average Bonchev–Trinajstić information content (AvgIpc) is 2.86. The minimum Gasteiger partial charge on any atom is -0.376 e. The van der Waals surface area contributed by atoms with E-state index in [4.69, 9.17) is 0 Å². The van der Waals surface area contributed by atoms with Gasteiger partial charge in [-0.2, -0.15) is 4.31 Å². The molecule has 0 atom stereocenters. The molecule has 5 aliphatic rings. The van der Waals surface area contributed by atoms with E-state index in [1.807, 2.05) is 6.07 Å². The quantitative estimate of drug-likeness (QED) is 0.472. The molecule has 4 saturated carbocycles. The molecule has 0 amide bonds. The fraction of sp³-hybridized carbons (Fsp3) is 0.538. The van der Waals surface area contributed by atoms with Crippen molar-refractivity contribution >= 4 is 27.1 Å². The molecule has 4 bridgehead atoms. The Morgan fingerprint density at radius 1 is 0.857 bits per heavy atom. The molecule has 1 saturated heterocycles. The van der Waals surface area contributed by atoms with E-state index in [-0.39, 0.29) is 10.6 Å². The van der Waals surface area contributed by atoms with Crippen LogP contribution in [0.3, 0.4) is 0 Å². The second-order valence-corrected chi connectivity index (χ2v) is 12.7. The zero-order valence-corrected chi connectivity index (χ0v) is 20.6. The summed E-state index contributed by atoms with van der Waals surface area (Å²) in [6.07, 6.45) is 6.36. The molecular formula is C26H32N4O4S. The number of hydrogen-bond acceptors (Lipinski definition) is 6. The minimum absolute atomic E-state index is 0.118. The van der Waals surface area contributed by atoms with Crippen molar-refractivity contribution in [2.75, 3.05) is 36.4 Å². The number of sulfonamides is 1. The Kier molecular flexibility index (Phi) is 5.72. The molecule has 8 nitrogen and oxygen atoms in total. The molecular weight excluding hydrogens is 464 g/mol. The number of anilines is 2. The van der Waals surface area contributed by atoms with Crippen molar-refractivity contribution in [3.63, 3.8) is 0 Å². The lowest BCUT2D eigenvalue weighted by Gasteiger charge is -2.54. The SMILES string of the molecule is O=[N+]([O-])c1ccc(N2CCN(S(=O)(=O)c3ccccc3)CC2)cc1NC1C2CC3CC(C2)CC1C3. The maximum Gasteiger partial charge on any atom is 0.292 e. The van der Waals surface area contributed by atoms with Gasteiger partial charge in [0.25, 0.3) is 5.69 Å². The molecule has 5 fully saturated rings. The van der Waals surface area contributed by atoms with Gasteiger partial charge in [-0.1, -0.05) is 18.2 Å². The van der Waals surface area contributed by atoms with Crippen molar-refractivity contribution in [1.82, 2.24) is 4.31 Å². The Balaban J connectivity index is 1.19. The van der Waals surface area contributed by atoms with E-state index >= 15 is 0 Å². The molecule has 2 aromatic carbocycles. The van der Waals surface area contributed by atoms with Gasteiger partial charge in [0.05, 0.1) is 9.82 Å². The van der Waals surface area contributed by atoms with E-state index in [1.54, 1.807) is 42.5 Å². The van der Waals surface area contributed by atoms with Crippen molar-refractivity contribution in [2.24, 2.45) is 23.7 Å². The Labute approximate surface area is 206 Å². The zero-order chi connectivity index (χ0) is 24.2. The Morgan fingerprint density at radius 3 is 2.09 bits per heavy atom. The van der Waals surface area contributed by atoms with Crippen LogP contribution in [0.1, 0.15) is 32.1 Å². The van der Waals surface area contributed by atoms with Gasteiger partial charge in [0, 0.05) is 44.0 Å². The molecule has 186 valence electrons. The summed E-state index contributed by atoms with van der Waals surface area (Å²) in [6.45, 7) is 1.85. The van der Waals surface area contributed by atoms with Crippen LogP contribution in [0.25, 0.3) is 0 Å². The molecule has 1 N–H and O–H groups in total. The second-order valence-electron chi connectivity index (χ2n) is 10.8. The van der Waals surface area contributed by atoms with Crippen LogP contribution in [-0.2, 0) is 10.0 Å². The smallest absolute Gasteiger partial charge is 0.292 e. The second kappa shape index (κ2) is 8.78. The number of hydrogen-bond donors (Lipinski definition) is 1. The van der Waals surface area contributed by atoms with E-state index in [1.165, 1.54) is 36.4 Å². The number of nitrogens with one attached hydrogen (secondary N) is 1. The topological polar surface area (TPSA) is 95.8 Å². The standard InChI is InChI=1S/C26H32N4O4S/c31-30(32)25-7-6-22(17-24(25)27-26-20-13-18-12-19(15-20)16-21(26)14-18)28-8-10-29(11-9-28)35(33,34)23-4-2-1-3-5-23/h1-7,17-21,26-27H,8-16H2. The molecule has 7 rings (SSSR count). The molecule has 0 unspecified atom stereocenters. The first kappa shape index (κ1) is 22.8. The van der Waals surface area contributed by atoms with Crippen LogP contribution in [-0.4, -0.2) is 49.9 Å². The van der Waals surface area contributed by atoms with Crippen LogP contribution in [0.5, 0.6) is 0 Å². The molecule has 35 heavy (non-hydrogen) atoms. The zero-order valence-electron chi connectivity index (χ0n) is 19.8. The maximum absolute atomic E-state index is 13.0. The van der Waals surface area contributed by atoms with Crippen LogP contribution in [0.2, 0.25) is 0 Å². The highest BCUT2D eigenvalue weighted by atomic mass is 32.2. The molecule has 1 aliphatic heterocycles. The molecule has 0 aromatic heterocycles. The lowest BCUT2D eigenvalue weighted by atomic mass is 9.54. The summed E-state index contributed by atoms with van der Waals surface area (Å²) >= 11 is 0. The highest BCUT2D eigenvalue weighted by Crippen LogP contribution is 2.54. The van der Waals surface area contributed by atoms with Crippen molar-refractivity contribution < 1.29 is 13.3 Å². The number of rotatable bonds is 6. The van der Waals surface area contributed by atoms with Crippen molar-refractivity contribution in [1.29, 1.82) is 0 Å². The van der Waals surface area contributed by atoms with Crippen LogP contribution in [0.15, 0.2) is 53.4 Å². The van der Waals surface area contributed by atoms with E-state index < -0.39 is 10.0 Å². The summed E-state index contributed by atoms with van der Waals surface area (Å²) in [4.78, 5) is 14.0. The summed E-state index contributed by atoms with van der Waals surface area (Å²) in [5, 5.41) is 15.5. The average molecular weight is 497 g/mol. The summed E-state index contributed by atoms with van der Waals surface area (Å²) in [6, 6.07) is 14.1. The van der Waals surface area contributed by atoms with Crippen LogP contribution in [0, 0.1) is 33.8 Å². The molecule has 0 spiro atoms. The number of nitro benzene ring substituents is 1. The maximum atomic E-state index is 13.0. The van der Waals surface area contributed by atoms with E-state index in [2.05, 4.69) is 10.2 Å². The lowest BCUT2D eigenvalue weighted by Crippen LogP contribution is -2.51. The van der Waals surface area contributed by atoms with E-state index in [0.717, 1.165) is 17.5 Å². The van der Waals surface area contributed by atoms with Gasteiger partial charge in [-0.05, 0) is 80.0 Å². The minimum atomic E-state index is -3.52. The summed E-state index contributed by atoms with van der Waals surface area (Å²) < 4.78 is 27.5. The normalized spacial score (nSPS) is 30.4. The Hall–Kier alpha value is -2.65. The van der Waals surface area contributed by atoms with Gasteiger partial charge < -0.3 is 10.2 Å². The van der Waals surface area contributed by atoms with Gasteiger partial charge in [-0.25, -0.2) is 8.42 Å². The third-order valence-corrected chi connectivity index (χ3v) is 10.6. The predicted octanol–water partition coefficient (Wildman–Crippen LogP) is 4.34. The number of benzene rings is 2. The van der Waals surface area contributed by atoms with E-state index in [0.29, 0.717) is 54.6 Å². The van der Waals surface area contributed by atoms with Gasteiger partial charge in [0.2, 0.25) is 10.0 Å². The Morgan fingerprint density at radius 2 is 1.49 bits per heavy atom. The number of nitrogens with zero attached hydrogens (tertiary/aromatic N) is 3. The number of piperazine rings is 1. The Bertz CT molecular complexity index is 1180. The van der Waals surface area contributed by atoms with Crippen LogP contribution in [0.4, 0.5) is 17.1 Å². The van der Waals surface area contributed by atoms with Crippen molar-refractivity contribution in [2.45, 2.75) is 43.0 Å². The first-order valence-electron chi connectivity index (χ1n) is 12.7. The molecule has 0 radical (unpaired) electrons. The molecule has 4 aliphatic carbocycles. The number of nitro groups is 1.